The van der Waals surface area contributed by atoms with Crippen molar-refractivity contribution in [2.75, 3.05) is 12.4 Å². The lowest BCUT2D eigenvalue weighted by Gasteiger charge is -2.01. The van der Waals surface area contributed by atoms with E-state index in [1.54, 1.807) is 33.2 Å². The average Bonchev–Trinajstić information content (AvgIpc) is 2.91. The number of amides is 1. The molecule has 0 saturated heterocycles. The fraction of sp³-hybridized carbons (Fsp3) is 0.364. The van der Waals surface area contributed by atoms with Crippen LogP contribution < -0.4 is 5.32 Å². The molecule has 7 heteroatoms. The summed E-state index contributed by atoms with van der Waals surface area (Å²) in [6.45, 7) is 3.80. The Kier molecular flexibility index (Phi) is 3.42. The van der Waals surface area contributed by atoms with Crippen molar-refractivity contribution in [3.8, 4) is 0 Å². The number of methoxy groups -OCH3 is 1. The summed E-state index contributed by atoms with van der Waals surface area (Å²) in [4.78, 5) is 11.9. The van der Waals surface area contributed by atoms with Crippen LogP contribution in [-0.4, -0.2) is 28.0 Å². The Balaban J connectivity index is 2.12. The van der Waals surface area contributed by atoms with Gasteiger partial charge in [0, 0.05) is 13.3 Å². The number of hydrogen-bond acceptors (Lipinski definition) is 5. The third-order valence-electron chi connectivity index (χ3n) is 2.41. The van der Waals surface area contributed by atoms with Crippen molar-refractivity contribution in [2.24, 2.45) is 0 Å². The van der Waals surface area contributed by atoms with Crippen molar-refractivity contribution < 1.29 is 14.1 Å². The number of ether oxygens (including phenoxy) is 1. The van der Waals surface area contributed by atoms with Gasteiger partial charge in [0.05, 0.1) is 0 Å². The zero-order valence-electron chi connectivity index (χ0n) is 10.4. The van der Waals surface area contributed by atoms with E-state index in [4.69, 9.17) is 9.26 Å². The number of carbonyl (C=O) groups is 1. The van der Waals surface area contributed by atoms with E-state index >= 15 is 0 Å². The number of carbonyl (C=O) groups excluding carboxylic acids is 1. The summed E-state index contributed by atoms with van der Waals surface area (Å²) < 4.78 is 11.4. The topological polar surface area (TPSA) is 82.2 Å². The van der Waals surface area contributed by atoms with Crippen molar-refractivity contribution in [3.05, 3.63) is 29.4 Å². The molecule has 0 fully saturated rings. The van der Waals surface area contributed by atoms with Gasteiger partial charge < -0.3 is 14.6 Å². The first-order valence-electron chi connectivity index (χ1n) is 5.38. The molecule has 1 N–H and O–H groups in total. The predicted octanol–water partition coefficient (Wildman–Crippen LogP) is 1.34. The Morgan fingerprint density at radius 1 is 1.56 bits per heavy atom. The van der Waals surface area contributed by atoms with Crippen molar-refractivity contribution >= 4 is 11.6 Å². The molecular formula is C11H14N4O3. The van der Waals surface area contributed by atoms with E-state index < -0.39 is 0 Å². The summed E-state index contributed by atoms with van der Waals surface area (Å²) in [7, 11) is 1.56. The van der Waals surface area contributed by atoms with Gasteiger partial charge in [-0.25, -0.2) is 4.68 Å². The minimum Gasteiger partial charge on any atom is -0.362 e. The first-order chi connectivity index (χ1) is 8.61. The van der Waals surface area contributed by atoms with Gasteiger partial charge in [-0.2, -0.15) is 5.10 Å². The first-order valence-corrected chi connectivity index (χ1v) is 5.38. The molecule has 0 atom stereocenters. The van der Waals surface area contributed by atoms with Crippen LogP contribution in [0.2, 0.25) is 0 Å². The van der Waals surface area contributed by atoms with Crippen LogP contribution in [0.4, 0.5) is 5.69 Å². The van der Waals surface area contributed by atoms with Gasteiger partial charge in [-0.3, -0.25) is 4.79 Å². The zero-order valence-corrected chi connectivity index (χ0v) is 10.4. The van der Waals surface area contributed by atoms with Gasteiger partial charge in [-0.15, -0.1) is 0 Å². The molecule has 0 aromatic carbocycles. The van der Waals surface area contributed by atoms with Gasteiger partial charge in [-0.1, -0.05) is 5.16 Å². The maximum atomic E-state index is 11.9. The Labute approximate surface area is 104 Å². The highest BCUT2D eigenvalue weighted by molar-refractivity contribution is 6.03. The van der Waals surface area contributed by atoms with Crippen molar-refractivity contribution in [3.63, 3.8) is 0 Å². The fourth-order valence-electron chi connectivity index (χ4n) is 1.53. The molecule has 2 aromatic heterocycles. The van der Waals surface area contributed by atoms with Crippen LogP contribution in [0.5, 0.6) is 0 Å². The highest BCUT2D eigenvalue weighted by Gasteiger charge is 2.15. The van der Waals surface area contributed by atoms with E-state index in [9.17, 15) is 4.79 Å². The van der Waals surface area contributed by atoms with Gasteiger partial charge in [0.2, 0.25) is 0 Å². The molecular weight excluding hydrogens is 236 g/mol. The third-order valence-corrected chi connectivity index (χ3v) is 2.41. The summed E-state index contributed by atoms with van der Waals surface area (Å²) in [5.41, 5.74) is 1.53. The van der Waals surface area contributed by atoms with E-state index in [2.05, 4.69) is 15.6 Å². The number of rotatable bonds is 4. The number of anilines is 1. The second-order valence-corrected chi connectivity index (χ2v) is 3.81. The van der Waals surface area contributed by atoms with Crippen molar-refractivity contribution in [1.29, 1.82) is 0 Å². The second kappa shape index (κ2) is 5.01. The molecule has 96 valence electrons. The lowest BCUT2D eigenvalue weighted by Crippen LogP contribution is -2.14. The Hall–Kier alpha value is -2.15. The molecule has 1 amide bonds. The minimum absolute atomic E-state index is 0.304. The molecule has 2 aromatic rings. The molecule has 0 saturated carbocycles. The molecule has 0 unspecified atom stereocenters. The van der Waals surface area contributed by atoms with E-state index in [1.165, 1.54) is 4.68 Å². The molecule has 18 heavy (non-hydrogen) atoms. The highest BCUT2D eigenvalue weighted by atomic mass is 16.5. The molecule has 2 heterocycles. The van der Waals surface area contributed by atoms with E-state index in [1.807, 2.05) is 0 Å². The minimum atomic E-state index is -0.306. The van der Waals surface area contributed by atoms with E-state index in [0.717, 1.165) is 0 Å². The van der Waals surface area contributed by atoms with Crippen LogP contribution in [0.15, 0.2) is 16.8 Å². The van der Waals surface area contributed by atoms with Crippen LogP contribution >= 0.6 is 0 Å². The number of aromatic nitrogens is 3. The standard InChI is InChI=1S/C11H14N4O3/c1-7-10(8(2)18-14-7)12-11(16)9-4-5-15(13-9)6-17-3/h4-5H,6H2,1-3H3,(H,12,16). The summed E-state index contributed by atoms with van der Waals surface area (Å²) in [6, 6.07) is 1.62. The third kappa shape index (κ3) is 2.40. The molecule has 0 aliphatic heterocycles. The summed E-state index contributed by atoms with van der Waals surface area (Å²) in [5, 5.41) is 10.5. The Bertz CT molecular complexity index is 539. The van der Waals surface area contributed by atoms with E-state index in [-0.39, 0.29) is 5.91 Å². The van der Waals surface area contributed by atoms with Crippen LogP contribution in [0, 0.1) is 13.8 Å². The van der Waals surface area contributed by atoms with Gasteiger partial charge in [-0.05, 0) is 19.9 Å². The SMILES string of the molecule is COCn1ccc(C(=O)Nc2c(C)noc2C)n1. The van der Waals surface area contributed by atoms with Gasteiger partial charge in [0.1, 0.15) is 18.1 Å². The predicted molar refractivity (Wildman–Crippen MR) is 63.2 cm³/mol. The maximum Gasteiger partial charge on any atom is 0.276 e. The van der Waals surface area contributed by atoms with Crippen molar-refractivity contribution in [2.45, 2.75) is 20.6 Å². The van der Waals surface area contributed by atoms with Crippen LogP contribution in [-0.2, 0) is 11.5 Å². The quantitative estimate of drug-likeness (QED) is 0.885. The number of nitrogens with zero attached hydrogens (tertiary/aromatic N) is 3. The molecule has 0 aliphatic carbocycles. The number of hydrogen-bond donors (Lipinski definition) is 1. The summed E-state index contributed by atoms with van der Waals surface area (Å²) >= 11 is 0. The van der Waals surface area contributed by atoms with Gasteiger partial charge >= 0.3 is 0 Å². The lowest BCUT2D eigenvalue weighted by molar-refractivity contribution is 0.101. The second-order valence-electron chi connectivity index (χ2n) is 3.81. The normalized spacial score (nSPS) is 10.6. The smallest absolute Gasteiger partial charge is 0.276 e. The zero-order chi connectivity index (χ0) is 13.1. The highest BCUT2D eigenvalue weighted by Crippen LogP contribution is 2.19. The summed E-state index contributed by atoms with van der Waals surface area (Å²) in [6.07, 6.45) is 1.67. The molecule has 2 rings (SSSR count). The Morgan fingerprint density at radius 2 is 2.33 bits per heavy atom. The first kappa shape index (κ1) is 12.3. The monoisotopic (exact) mass is 250 g/mol. The lowest BCUT2D eigenvalue weighted by atomic mass is 10.3. The number of aryl methyl sites for hydroxylation is 2. The maximum absolute atomic E-state index is 11.9. The van der Waals surface area contributed by atoms with Gasteiger partial charge in [0.25, 0.3) is 5.91 Å². The molecule has 0 spiro atoms. The molecule has 0 aliphatic rings. The average molecular weight is 250 g/mol. The van der Waals surface area contributed by atoms with E-state index in [0.29, 0.717) is 29.6 Å². The summed E-state index contributed by atoms with van der Waals surface area (Å²) in [5.74, 6) is 0.261. The van der Waals surface area contributed by atoms with Crippen LogP contribution in [0.3, 0.4) is 0 Å². The van der Waals surface area contributed by atoms with Gasteiger partial charge in [0.15, 0.2) is 11.5 Å². The Morgan fingerprint density at radius 3 is 2.94 bits per heavy atom. The molecule has 0 radical (unpaired) electrons. The van der Waals surface area contributed by atoms with Crippen LogP contribution in [0.25, 0.3) is 0 Å². The van der Waals surface area contributed by atoms with Crippen molar-refractivity contribution in [1.82, 2.24) is 14.9 Å². The number of nitrogens with one attached hydrogen (secondary N) is 1. The fourth-order valence-corrected chi connectivity index (χ4v) is 1.53. The largest absolute Gasteiger partial charge is 0.362 e. The molecule has 0 bridgehead atoms. The van der Waals surface area contributed by atoms with Crippen LogP contribution in [0.1, 0.15) is 21.9 Å². The molecule has 7 nitrogen and oxygen atoms in total.